The molecule has 8 aromatic rings. The zero-order valence-corrected chi connectivity index (χ0v) is 22.5. The van der Waals surface area contributed by atoms with Crippen molar-refractivity contribution in [2.24, 2.45) is 0 Å². The lowest BCUT2D eigenvalue weighted by molar-refractivity contribution is 0.998. The van der Waals surface area contributed by atoms with Crippen LogP contribution >= 0.6 is 0 Å². The Bertz CT molecular complexity index is 2240. The summed E-state index contributed by atoms with van der Waals surface area (Å²) >= 11 is 0. The van der Waals surface area contributed by atoms with Crippen molar-refractivity contribution in [2.45, 2.75) is 6.42 Å². The molecule has 1 aliphatic heterocycles. The van der Waals surface area contributed by atoms with Gasteiger partial charge < -0.3 is 14.0 Å². The molecule has 1 aliphatic rings. The Morgan fingerprint density at radius 3 is 1.46 bits per heavy atom. The number of benzene rings is 6. The molecule has 0 saturated carbocycles. The fourth-order valence-corrected chi connectivity index (χ4v) is 7.17. The van der Waals surface area contributed by atoms with E-state index in [2.05, 4.69) is 154 Å². The molecule has 3 heterocycles. The molecule has 3 nitrogen and oxygen atoms in total. The van der Waals surface area contributed by atoms with E-state index in [0.29, 0.717) is 0 Å². The Kier molecular flexibility index (Phi) is 4.73. The number of nitrogens with zero attached hydrogens (tertiary/aromatic N) is 3. The summed E-state index contributed by atoms with van der Waals surface area (Å²) in [5.74, 6) is 0. The van der Waals surface area contributed by atoms with E-state index < -0.39 is 0 Å². The highest BCUT2D eigenvalue weighted by atomic mass is 15.2. The fourth-order valence-electron chi connectivity index (χ4n) is 7.17. The molecule has 6 aromatic carbocycles. The first kappa shape index (κ1) is 22.5. The van der Waals surface area contributed by atoms with Crippen LogP contribution in [0, 0.1) is 0 Å². The van der Waals surface area contributed by atoms with Gasteiger partial charge >= 0.3 is 0 Å². The van der Waals surface area contributed by atoms with Gasteiger partial charge in [0.2, 0.25) is 0 Å². The van der Waals surface area contributed by atoms with E-state index in [1.165, 1.54) is 71.9 Å². The van der Waals surface area contributed by atoms with Crippen molar-refractivity contribution >= 4 is 55.0 Å². The van der Waals surface area contributed by atoms with Crippen LogP contribution in [0.5, 0.6) is 0 Å². The highest BCUT2D eigenvalue weighted by molar-refractivity contribution is 6.31. The number of rotatable bonds is 3. The van der Waals surface area contributed by atoms with Gasteiger partial charge in [-0.15, -0.1) is 0 Å². The van der Waals surface area contributed by atoms with Crippen molar-refractivity contribution in [3.05, 3.63) is 145 Å². The summed E-state index contributed by atoms with van der Waals surface area (Å²) in [6.07, 6.45) is 0.991. The largest absolute Gasteiger partial charge is 0.340 e. The molecule has 194 valence electrons. The molecule has 0 saturated heterocycles. The van der Waals surface area contributed by atoms with Crippen molar-refractivity contribution < 1.29 is 0 Å². The summed E-state index contributed by atoms with van der Waals surface area (Å²) in [4.78, 5) is 2.55. The minimum atomic E-state index is 0.953. The molecule has 9 rings (SSSR count). The third-order valence-corrected chi connectivity index (χ3v) is 8.75. The van der Waals surface area contributed by atoms with Crippen molar-refractivity contribution in [3.8, 4) is 11.4 Å². The second kappa shape index (κ2) is 8.61. The summed E-state index contributed by atoms with van der Waals surface area (Å²) in [6, 6.07) is 50.5. The molecule has 0 spiro atoms. The first-order valence-corrected chi connectivity index (χ1v) is 14.3. The summed E-state index contributed by atoms with van der Waals surface area (Å²) in [5.41, 5.74) is 11.5. The Hall–Kier alpha value is -5.28. The second-order valence-electron chi connectivity index (χ2n) is 10.9. The maximum Gasteiger partial charge on any atom is 0.0662 e. The molecular formula is C38H27N3. The molecule has 0 amide bonds. The first-order chi connectivity index (χ1) is 20.4. The molecule has 0 radical (unpaired) electrons. The van der Waals surface area contributed by atoms with Crippen molar-refractivity contribution in [1.82, 2.24) is 9.13 Å². The van der Waals surface area contributed by atoms with Crippen molar-refractivity contribution in [2.75, 3.05) is 11.4 Å². The quantitative estimate of drug-likeness (QED) is 0.224. The Balaban J connectivity index is 1.59. The van der Waals surface area contributed by atoms with Crippen LogP contribution in [0.25, 0.3) is 55.0 Å². The van der Waals surface area contributed by atoms with Gasteiger partial charge in [-0.3, -0.25) is 0 Å². The van der Waals surface area contributed by atoms with Gasteiger partial charge in [0.1, 0.15) is 0 Å². The zero-order chi connectivity index (χ0) is 26.9. The van der Waals surface area contributed by atoms with Gasteiger partial charge in [-0.25, -0.2) is 0 Å². The predicted molar refractivity (Wildman–Crippen MR) is 172 cm³/mol. The van der Waals surface area contributed by atoms with E-state index >= 15 is 0 Å². The standard InChI is InChI=1S/C38H27N3/c1-4-14-26(15-5-1)39-25-24-31-36(39)34-29-20-10-13-23-33(29)41(28-18-8-3-9-19-28)38(34)35-30-21-11-12-22-32(30)40(37(31)35)27-16-6-2-7-17-27/h1-23H,24-25H2. The summed E-state index contributed by atoms with van der Waals surface area (Å²) in [6.45, 7) is 0.953. The minimum Gasteiger partial charge on any atom is -0.340 e. The molecule has 0 bridgehead atoms. The van der Waals surface area contributed by atoms with Crippen LogP contribution in [-0.4, -0.2) is 15.7 Å². The van der Waals surface area contributed by atoms with E-state index in [4.69, 9.17) is 0 Å². The maximum absolute atomic E-state index is 2.55. The minimum absolute atomic E-state index is 0.953. The summed E-state index contributed by atoms with van der Waals surface area (Å²) < 4.78 is 5.00. The van der Waals surface area contributed by atoms with Gasteiger partial charge in [0.15, 0.2) is 0 Å². The van der Waals surface area contributed by atoms with Crippen molar-refractivity contribution in [1.29, 1.82) is 0 Å². The van der Waals surface area contributed by atoms with Gasteiger partial charge in [-0.05, 0) is 55.0 Å². The smallest absolute Gasteiger partial charge is 0.0662 e. The molecular weight excluding hydrogens is 498 g/mol. The fraction of sp³-hybridized carbons (Fsp3) is 0.0526. The third kappa shape index (κ3) is 3.09. The average molecular weight is 526 g/mol. The maximum atomic E-state index is 2.55. The van der Waals surface area contributed by atoms with Crippen molar-refractivity contribution in [3.63, 3.8) is 0 Å². The lowest BCUT2D eigenvalue weighted by atomic mass is 10.00. The van der Waals surface area contributed by atoms with E-state index in [1.807, 2.05) is 0 Å². The molecule has 2 aromatic heterocycles. The monoisotopic (exact) mass is 525 g/mol. The SMILES string of the molecule is c1ccc(N2CCc3c2c2c4ccccc4n(-c4ccccc4)c2c2c4ccccc4n(-c4ccccc4)c32)cc1. The van der Waals surface area contributed by atoms with E-state index in [1.54, 1.807) is 0 Å². The molecule has 41 heavy (non-hydrogen) atoms. The number of fused-ring (bicyclic) bond motifs is 10. The van der Waals surface area contributed by atoms with Crippen LogP contribution in [0.15, 0.2) is 140 Å². The van der Waals surface area contributed by atoms with Gasteiger partial charge in [-0.2, -0.15) is 0 Å². The van der Waals surface area contributed by atoms with Crippen LogP contribution in [0.2, 0.25) is 0 Å². The number of anilines is 2. The van der Waals surface area contributed by atoms with Gasteiger partial charge in [0.25, 0.3) is 0 Å². The van der Waals surface area contributed by atoms with Crippen LogP contribution in [-0.2, 0) is 6.42 Å². The number of hydrogen-bond acceptors (Lipinski definition) is 1. The van der Waals surface area contributed by atoms with E-state index in [0.717, 1.165) is 13.0 Å². The third-order valence-electron chi connectivity index (χ3n) is 8.75. The Labute approximate surface area is 238 Å². The van der Waals surface area contributed by atoms with E-state index in [9.17, 15) is 0 Å². The first-order valence-electron chi connectivity index (χ1n) is 14.3. The average Bonchev–Trinajstić information content (AvgIpc) is 3.72. The highest BCUT2D eigenvalue weighted by Crippen LogP contribution is 2.52. The molecule has 0 N–H and O–H groups in total. The molecule has 0 fully saturated rings. The van der Waals surface area contributed by atoms with Gasteiger partial charge in [0, 0.05) is 50.7 Å². The van der Waals surface area contributed by atoms with Crippen LogP contribution in [0.4, 0.5) is 11.4 Å². The highest BCUT2D eigenvalue weighted by Gasteiger charge is 2.32. The summed E-state index contributed by atoms with van der Waals surface area (Å²) in [5, 5.41) is 5.25. The Morgan fingerprint density at radius 1 is 0.415 bits per heavy atom. The second-order valence-corrected chi connectivity index (χ2v) is 10.9. The number of aromatic nitrogens is 2. The number of para-hydroxylation sites is 5. The molecule has 0 unspecified atom stereocenters. The number of hydrogen-bond donors (Lipinski definition) is 0. The summed E-state index contributed by atoms with van der Waals surface area (Å²) in [7, 11) is 0. The van der Waals surface area contributed by atoms with Gasteiger partial charge in [0.05, 0.1) is 27.8 Å². The molecule has 0 atom stereocenters. The van der Waals surface area contributed by atoms with Crippen LogP contribution in [0.3, 0.4) is 0 Å². The van der Waals surface area contributed by atoms with Crippen LogP contribution < -0.4 is 4.90 Å². The molecule has 3 heteroatoms. The lowest BCUT2D eigenvalue weighted by Crippen LogP contribution is -2.13. The van der Waals surface area contributed by atoms with E-state index in [-0.39, 0.29) is 0 Å². The predicted octanol–water partition coefficient (Wildman–Crippen LogP) is 9.57. The molecule has 0 aliphatic carbocycles. The van der Waals surface area contributed by atoms with Crippen LogP contribution in [0.1, 0.15) is 5.56 Å². The zero-order valence-electron chi connectivity index (χ0n) is 22.5. The lowest BCUT2D eigenvalue weighted by Gasteiger charge is -2.22. The normalized spacial score (nSPS) is 13.1. The van der Waals surface area contributed by atoms with Gasteiger partial charge in [-0.1, -0.05) is 91.0 Å². The Morgan fingerprint density at radius 2 is 0.878 bits per heavy atom. The topological polar surface area (TPSA) is 13.1 Å².